The first-order valence-corrected chi connectivity index (χ1v) is 14.3. The van der Waals surface area contributed by atoms with Crippen LogP contribution in [0.25, 0.3) is 0 Å². The van der Waals surface area contributed by atoms with Gasteiger partial charge in [0.25, 0.3) is 5.91 Å². The molecule has 1 saturated heterocycles. The summed E-state index contributed by atoms with van der Waals surface area (Å²) in [6.45, 7) is -0.0577. The molecular formula is C32H33N5O2S. The molecule has 6 rings (SSSR count). The van der Waals surface area contributed by atoms with E-state index in [0.717, 1.165) is 11.4 Å². The van der Waals surface area contributed by atoms with Crippen LogP contribution in [-0.4, -0.2) is 27.2 Å². The van der Waals surface area contributed by atoms with Gasteiger partial charge >= 0.3 is 0 Å². The summed E-state index contributed by atoms with van der Waals surface area (Å²) in [5.74, 6) is 0.447. The van der Waals surface area contributed by atoms with Crippen LogP contribution in [0, 0.1) is 0 Å². The van der Waals surface area contributed by atoms with E-state index >= 15 is 0 Å². The van der Waals surface area contributed by atoms with E-state index in [1.165, 1.54) is 37.8 Å². The van der Waals surface area contributed by atoms with Crippen molar-refractivity contribution in [1.82, 2.24) is 14.9 Å². The molecule has 4 aromatic rings. The molecule has 40 heavy (non-hydrogen) atoms. The number of anilines is 2. The van der Waals surface area contributed by atoms with E-state index in [2.05, 4.69) is 44.5 Å². The number of benzene rings is 2. The fraction of sp³-hybridized carbons (Fsp3) is 0.281. The Hall–Kier alpha value is -4.17. The number of thiocarbonyl (C=S) groups is 1. The number of nitrogens with one attached hydrogen (secondary N) is 2. The summed E-state index contributed by atoms with van der Waals surface area (Å²) >= 11 is 5.93. The average molecular weight is 552 g/mol. The van der Waals surface area contributed by atoms with Crippen LogP contribution >= 0.6 is 12.2 Å². The summed E-state index contributed by atoms with van der Waals surface area (Å²) in [6, 6.07) is 27.8. The highest BCUT2D eigenvalue weighted by Gasteiger charge is 2.42. The van der Waals surface area contributed by atoms with Gasteiger partial charge in [-0.2, -0.15) is 0 Å². The molecule has 2 N–H and O–H groups in total. The predicted molar refractivity (Wildman–Crippen MR) is 161 cm³/mol. The Morgan fingerprint density at radius 2 is 1.73 bits per heavy atom. The molecule has 1 aliphatic carbocycles. The van der Waals surface area contributed by atoms with E-state index in [0.29, 0.717) is 22.6 Å². The van der Waals surface area contributed by atoms with Crippen LogP contribution in [-0.2, 0) is 4.79 Å². The molecule has 2 atom stereocenters. The Labute approximate surface area is 240 Å². The first kappa shape index (κ1) is 26.1. The Bertz CT molecular complexity index is 1440. The highest BCUT2D eigenvalue weighted by Crippen LogP contribution is 2.43. The largest absolute Gasteiger partial charge is 0.484 e. The van der Waals surface area contributed by atoms with Crippen molar-refractivity contribution in [3.05, 3.63) is 109 Å². The molecule has 1 saturated carbocycles. The lowest BCUT2D eigenvalue weighted by molar-refractivity contribution is -0.118. The maximum atomic E-state index is 12.5. The number of hydrogen-bond donors (Lipinski definition) is 2. The van der Waals surface area contributed by atoms with Crippen LogP contribution in [0.1, 0.15) is 61.6 Å². The van der Waals surface area contributed by atoms with E-state index in [-0.39, 0.29) is 24.6 Å². The SMILES string of the molecule is O=C(COc1ccccc1)Nc1ccc(N2C(=S)N[C@H](c3ccccn3)[C@H]2c2cccn2C2CCCCC2)cc1. The van der Waals surface area contributed by atoms with E-state index in [9.17, 15) is 4.79 Å². The van der Waals surface area contributed by atoms with Crippen LogP contribution in [0.3, 0.4) is 0 Å². The lowest BCUT2D eigenvalue weighted by atomic mass is 9.94. The minimum absolute atomic E-state index is 0.0577. The van der Waals surface area contributed by atoms with E-state index in [1.54, 1.807) is 0 Å². The third kappa shape index (κ3) is 5.58. The maximum Gasteiger partial charge on any atom is 0.262 e. The number of carbonyl (C=O) groups excluding carboxylic acids is 1. The van der Waals surface area contributed by atoms with Crippen molar-refractivity contribution < 1.29 is 9.53 Å². The lowest BCUT2D eigenvalue weighted by Gasteiger charge is -2.32. The van der Waals surface area contributed by atoms with Crippen LogP contribution in [0.5, 0.6) is 5.75 Å². The molecular weight excluding hydrogens is 518 g/mol. The van der Waals surface area contributed by atoms with Gasteiger partial charge in [0.2, 0.25) is 0 Å². The number of amides is 1. The minimum Gasteiger partial charge on any atom is -0.484 e. The molecule has 3 heterocycles. The maximum absolute atomic E-state index is 12.5. The Morgan fingerprint density at radius 3 is 2.48 bits per heavy atom. The number of nitrogens with zero attached hydrogens (tertiary/aromatic N) is 3. The normalized spacial score (nSPS) is 19.3. The molecule has 2 aliphatic rings. The molecule has 2 aromatic heterocycles. The quantitative estimate of drug-likeness (QED) is 0.241. The first-order chi connectivity index (χ1) is 19.7. The van der Waals surface area contributed by atoms with Gasteiger partial charge in [0.15, 0.2) is 11.7 Å². The fourth-order valence-corrected chi connectivity index (χ4v) is 6.20. The molecule has 0 bridgehead atoms. The highest BCUT2D eigenvalue weighted by atomic mass is 32.1. The topological polar surface area (TPSA) is 71.4 Å². The van der Waals surface area contributed by atoms with Crippen molar-refractivity contribution in [2.75, 3.05) is 16.8 Å². The number of ether oxygens (including phenoxy) is 1. The van der Waals surface area contributed by atoms with Gasteiger partial charge in [-0.25, -0.2) is 0 Å². The molecule has 2 aromatic carbocycles. The van der Waals surface area contributed by atoms with E-state index in [4.69, 9.17) is 21.9 Å². The van der Waals surface area contributed by atoms with Gasteiger partial charge in [-0.15, -0.1) is 0 Å². The molecule has 8 heteroatoms. The highest BCUT2D eigenvalue weighted by molar-refractivity contribution is 7.80. The number of hydrogen-bond acceptors (Lipinski definition) is 4. The van der Waals surface area contributed by atoms with Gasteiger partial charge in [0.05, 0.1) is 11.7 Å². The molecule has 204 valence electrons. The zero-order chi connectivity index (χ0) is 27.3. The smallest absolute Gasteiger partial charge is 0.262 e. The number of aromatic nitrogens is 2. The second kappa shape index (κ2) is 11.9. The molecule has 7 nitrogen and oxygen atoms in total. The average Bonchev–Trinajstić information content (AvgIpc) is 3.62. The molecule has 0 spiro atoms. The summed E-state index contributed by atoms with van der Waals surface area (Å²) in [5.41, 5.74) is 3.84. The van der Waals surface area contributed by atoms with Gasteiger partial charge in [0.1, 0.15) is 11.8 Å². The van der Waals surface area contributed by atoms with Crippen LogP contribution in [0.4, 0.5) is 11.4 Å². The summed E-state index contributed by atoms with van der Waals surface area (Å²) in [7, 11) is 0. The fourth-order valence-electron chi connectivity index (χ4n) is 5.85. The van der Waals surface area contributed by atoms with Crippen LogP contribution in [0.15, 0.2) is 97.3 Å². The Balaban J connectivity index is 1.25. The molecule has 2 fully saturated rings. The predicted octanol–water partition coefficient (Wildman–Crippen LogP) is 6.58. The molecule has 0 radical (unpaired) electrons. The van der Waals surface area contributed by atoms with Gasteiger partial charge in [-0.05, 0) is 85.7 Å². The van der Waals surface area contributed by atoms with Crippen LogP contribution < -0.4 is 20.3 Å². The third-order valence-corrected chi connectivity index (χ3v) is 8.04. The number of rotatable bonds is 8. The van der Waals surface area contributed by atoms with E-state index in [1.807, 2.05) is 72.9 Å². The van der Waals surface area contributed by atoms with Crippen molar-refractivity contribution in [1.29, 1.82) is 0 Å². The molecule has 0 unspecified atom stereocenters. The van der Waals surface area contributed by atoms with E-state index < -0.39 is 0 Å². The van der Waals surface area contributed by atoms with Gasteiger partial charge < -0.3 is 24.8 Å². The van der Waals surface area contributed by atoms with Crippen LogP contribution in [0.2, 0.25) is 0 Å². The molecule has 1 aliphatic heterocycles. The summed E-state index contributed by atoms with van der Waals surface area (Å²) in [6.07, 6.45) is 10.3. The number of para-hydroxylation sites is 1. The van der Waals surface area contributed by atoms with Crippen molar-refractivity contribution in [3.63, 3.8) is 0 Å². The second-order valence-corrected chi connectivity index (χ2v) is 10.7. The summed E-state index contributed by atoms with van der Waals surface area (Å²) in [4.78, 5) is 19.4. The monoisotopic (exact) mass is 551 g/mol. The lowest BCUT2D eigenvalue weighted by Crippen LogP contribution is -2.31. The van der Waals surface area contributed by atoms with Gasteiger partial charge in [0, 0.05) is 35.5 Å². The summed E-state index contributed by atoms with van der Waals surface area (Å²) < 4.78 is 8.04. The molecule has 1 amide bonds. The zero-order valence-corrected chi connectivity index (χ0v) is 23.1. The standard InChI is InChI=1S/C32H33N5O2S/c38-29(22-39-26-12-5-2-6-13-26)34-23-16-18-25(19-17-23)37-31(30(35-32(37)40)27-14-7-8-20-33-27)28-15-9-21-36(28)24-10-3-1-4-11-24/h2,5-9,12-21,24,30-31H,1,3-4,10-11,22H2,(H,34,38)(H,35,40)/t30-,31-/m1/s1. The first-order valence-electron chi connectivity index (χ1n) is 13.9. The zero-order valence-electron chi connectivity index (χ0n) is 22.3. The Kier molecular flexibility index (Phi) is 7.77. The van der Waals surface area contributed by atoms with Gasteiger partial charge in [-0.3, -0.25) is 9.78 Å². The van der Waals surface area contributed by atoms with Crippen molar-refractivity contribution >= 4 is 34.6 Å². The van der Waals surface area contributed by atoms with Crippen molar-refractivity contribution in [2.24, 2.45) is 0 Å². The van der Waals surface area contributed by atoms with Crippen molar-refractivity contribution in [2.45, 2.75) is 50.2 Å². The third-order valence-electron chi connectivity index (χ3n) is 7.72. The van der Waals surface area contributed by atoms with Gasteiger partial charge in [-0.1, -0.05) is 43.5 Å². The Morgan fingerprint density at radius 1 is 0.950 bits per heavy atom. The summed E-state index contributed by atoms with van der Waals surface area (Å²) in [5, 5.41) is 7.14. The van der Waals surface area contributed by atoms with Crippen molar-refractivity contribution in [3.8, 4) is 5.75 Å². The minimum atomic E-state index is -0.214. The number of carbonyl (C=O) groups is 1. The number of pyridine rings is 1. The second-order valence-electron chi connectivity index (χ2n) is 10.3.